The third-order valence-corrected chi connectivity index (χ3v) is 5.50. The second kappa shape index (κ2) is 13.8. The van der Waals surface area contributed by atoms with Crippen molar-refractivity contribution in [2.24, 2.45) is 17.0 Å². The molecule has 1 unspecified atom stereocenters. The summed E-state index contributed by atoms with van der Waals surface area (Å²) in [5, 5.41) is 25.3. The molecule has 13 heteroatoms. The lowest BCUT2D eigenvalue weighted by Gasteiger charge is -2.28. The summed E-state index contributed by atoms with van der Waals surface area (Å²) < 4.78 is 10.4. The second-order valence-electron chi connectivity index (χ2n) is 8.09. The molecule has 1 aliphatic carbocycles. The average Bonchev–Trinajstić information content (AvgIpc) is 3.12. The molecular formula is C21H31N5O8. The Labute approximate surface area is 196 Å². The van der Waals surface area contributed by atoms with E-state index in [9.17, 15) is 24.6 Å². The first-order valence-electron chi connectivity index (χ1n) is 11.3. The van der Waals surface area contributed by atoms with Gasteiger partial charge < -0.3 is 25.0 Å². The van der Waals surface area contributed by atoms with Crippen LogP contribution in [0.5, 0.6) is 11.8 Å². The van der Waals surface area contributed by atoms with E-state index in [4.69, 9.17) is 15.0 Å². The lowest BCUT2D eigenvalue weighted by atomic mass is 9.82. The number of hydrogen-bond donors (Lipinski definition) is 3. The van der Waals surface area contributed by atoms with Gasteiger partial charge in [-0.1, -0.05) is 11.5 Å². The number of hydrogen-bond acceptors (Lipinski definition) is 9. The number of azide groups is 1. The average molecular weight is 482 g/mol. The summed E-state index contributed by atoms with van der Waals surface area (Å²) in [5.41, 5.74) is 8.21. The molecule has 3 N–H and O–H groups in total. The van der Waals surface area contributed by atoms with Crippen LogP contribution in [-0.2, 0) is 19.1 Å². The van der Waals surface area contributed by atoms with E-state index in [2.05, 4.69) is 20.2 Å². The number of rotatable bonds is 12. The zero-order valence-corrected chi connectivity index (χ0v) is 19.1. The van der Waals surface area contributed by atoms with Gasteiger partial charge in [-0.2, -0.15) is 0 Å². The van der Waals surface area contributed by atoms with Gasteiger partial charge in [0.1, 0.15) is 0 Å². The van der Waals surface area contributed by atoms with Crippen LogP contribution in [0.1, 0.15) is 58.3 Å². The minimum Gasteiger partial charge on any atom is -0.492 e. The van der Waals surface area contributed by atoms with Crippen molar-refractivity contribution in [3.8, 4) is 11.8 Å². The van der Waals surface area contributed by atoms with E-state index in [1.807, 2.05) is 0 Å². The van der Waals surface area contributed by atoms with Crippen molar-refractivity contribution in [1.82, 2.24) is 10.0 Å². The maximum absolute atomic E-state index is 12.4. The molecule has 0 radical (unpaired) electrons. The molecule has 0 saturated heterocycles. The molecule has 0 spiro atoms. The van der Waals surface area contributed by atoms with E-state index >= 15 is 0 Å². The molecule has 188 valence electrons. The van der Waals surface area contributed by atoms with Crippen molar-refractivity contribution in [1.29, 1.82) is 0 Å². The molecular weight excluding hydrogens is 450 g/mol. The van der Waals surface area contributed by atoms with Gasteiger partial charge in [0.2, 0.25) is 24.0 Å². The third kappa shape index (κ3) is 9.10. The first kappa shape index (κ1) is 26.7. The number of esters is 1. The van der Waals surface area contributed by atoms with Crippen LogP contribution in [0, 0.1) is 11.8 Å². The van der Waals surface area contributed by atoms with E-state index in [1.54, 1.807) is 0 Å². The Kier molecular flexibility index (Phi) is 10.8. The van der Waals surface area contributed by atoms with E-state index in [-0.39, 0.29) is 17.7 Å². The largest absolute Gasteiger partial charge is 0.537 e. The van der Waals surface area contributed by atoms with Crippen LogP contribution in [0.2, 0.25) is 0 Å². The molecule has 1 aromatic rings. The lowest BCUT2D eigenvalue weighted by Crippen LogP contribution is -2.34. The molecule has 1 amide bonds. The smallest absolute Gasteiger partial charge is 0.492 e. The maximum atomic E-state index is 12.4. The fourth-order valence-electron chi connectivity index (χ4n) is 3.65. The van der Waals surface area contributed by atoms with Crippen molar-refractivity contribution in [2.75, 3.05) is 13.1 Å². The molecule has 1 fully saturated rings. The van der Waals surface area contributed by atoms with Gasteiger partial charge in [-0.25, -0.2) is 4.79 Å². The highest BCUT2D eigenvalue weighted by molar-refractivity contribution is 5.75. The normalized spacial score (nSPS) is 18.3. The number of nitrogens with zero attached hydrogens (tertiary/aromatic N) is 4. The van der Waals surface area contributed by atoms with Crippen molar-refractivity contribution in [3.63, 3.8) is 0 Å². The van der Waals surface area contributed by atoms with Crippen LogP contribution in [0.3, 0.4) is 0 Å². The molecule has 1 aromatic heterocycles. The predicted octanol–water partition coefficient (Wildman–Crippen LogP) is 3.15. The minimum atomic E-state index is -1.27. The zero-order valence-electron chi connectivity index (χ0n) is 19.1. The molecule has 0 bridgehead atoms. The van der Waals surface area contributed by atoms with Gasteiger partial charge in [0.05, 0.1) is 5.92 Å². The maximum Gasteiger partial charge on any atom is 0.537 e. The molecule has 13 nitrogen and oxygen atoms in total. The monoisotopic (exact) mass is 481 g/mol. The SMILES string of the molecule is CC(OC(=O)On1c(O)ccc1O)OC(=O)C1CCC(CNC(=O)CCCCCN=[N+]=[N-])CC1. The number of nitrogens with one attached hydrogen (secondary N) is 1. The highest BCUT2D eigenvalue weighted by Gasteiger charge is 2.29. The summed E-state index contributed by atoms with van der Waals surface area (Å²) in [7, 11) is 0. The number of carbonyl (C=O) groups is 3. The first-order valence-corrected chi connectivity index (χ1v) is 11.3. The Morgan fingerprint density at radius 3 is 2.47 bits per heavy atom. The van der Waals surface area contributed by atoms with E-state index in [0.717, 1.165) is 44.2 Å². The molecule has 0 aliphatic heterocycles. The Balaban J connectivity index is 1.60. The number of amides is 1. The standard InChI is InChI=1S/C21H31N5O8/c1-14(33-21(31)34-26-18(28)10-11-19(26)29)32-20(30)16-8-6-15(7-9-16)13-23-17(27)5-3-2-4-12-24-25-22/h10-11,14-16,28-29H,2-9,12-13H2,1H3,(H,23,27). The number of ether oxygens (including phenoxy) is 2. The summed E-state index contributed by atoms with van der Waals surface area (Å²) in [6.07, 6.45) is 3.00. The van der Waals surface area contributed by atoms with Gasteiger partial charge in [0, 0.05) is 43.5 Å². The van der Waals surface area contributed by atoms with Gasteiger partial charge in [-0.15, -0.1) is 4.73 Å². The summed E-state index contributed by atoms with van der Waals surface area (Å²) in [6.45, 7) is 2.36. The quantitative estimate of drug-likeness (QED) is 0.101. The van der Waals surface area contributed by atoms with Crippen molar-refractivity contribution in [2.45, 2.75) is 64.6 Å². The summed E-state index contributed by atoms with van der Waals surface area (Å²) in [5.74, 6) is -1.56. The Bertz CT molecular complexity index is 855. The predicted molar refractivity (Wildman–Crippen MR) is 117 cm³/mol. The Morgan fingerprint density at radius 2 is 1.82 bits per heavy atom. The van der Waals surface area contributed by atoms with Gasteiger partial charge in [0.15, 0.2) is 0 Å². The van der Waals surface area contributed by atoms with Crippen LogP contribution >= 0.6 is 0 Å². The van der Waals surface area contributed by atoms with Gasteiger partial charge in [-0.05, 0) is 50.0 Å². The number of aromatic hydroxyl groups is 2. The molecule has 1 aliphatic rings. The first-order chi connectivity index (χ1) is 16.3. The van der Waals surface area contributed by atoms with Crippen LogP contribution in [-0.4, -0.2) is 52.4 Å². The second-order valence-corrected chi connectivity index (χ2v) is 8.09. The van der Waals surface area contributed by atoms with E-state index < -0.39 is 30.2 Å². The van der Waals surface area contributed by atoms with Crippen molar-refractivity contribution < 1.29 is 38.9 Å². The van der Waals surface area contributed by atoms with E-state index in [0.29, 0.717) is 37.1 Å². The van der Waals surface area contributed by atoms with Gasteiger partial charge in [0.25, 0.3) is 0 Å². The zero-order chi connectivity index (χ0) is 24.9. The van der Waals surface area contributed by atoms with Gasteiger partial charge in [-0.3, -0.25) is 14.4 Å². The highest BCUT2D eigenvalue weighted by Crippen LogP contribution is 2.29. The summed E-state index contributed by atoms with van der Waals surface area (Å²) >= 11 is 0. The van der Waals surface area contributed by atoms with Crippen LogP contribution in [0.25, 0.3) is 10.4 Å². The Morgan fingerprint density at radius 1 is 1.15 bits per heavy atom. The van der Waals surface area contributed by atoms with Crippen LogP contribution in [0.4, 0.5) is 4.79 Å². The highest BCUT2D eigenvalue weighted by atomic mass is 16.9. The van der Waals surface area contributed by atoms with Crippen LogP contribution < -0.4 is 10.2 Å². The fourth-order valence-corrected chi connectivity index (χ4v) is 3.65. The van der Waals surface area contributed by atoms with E-state index in [1.165, 1.54) is 6.92 Å². The topological polar surface area (TPSA) is 185 Å². The fraction of sp³-hybridized carbons (Fsp3) is 0.667. The van der Waals surface area contributed by atoms with Crippen molar-refractivity contribution in [3.05, 3.63) is 22.6 Å². The Hall–Kier alpha value is -3.60. The molecule has 1 saturated carbocycles. The summed E-state index contributed by atoms with van der Waals surface area (Å²) in [4.78, 5) is 43.4. The lowest BCUT2D eigenvalue weighted by molar-refractivity contribution is -0.174. The van der Waals surface area contributed by atoms with Crippen molar-refractivity contribution >= 4 is 18.0 Å². The third-order valence-electron chi connectivity index (χ3n) is 5.50. The van der Waals surface area contributed by atoms with Gasteiger partial charge >= 0.3 is 12.1 Å². The number of carbonyl (C=O) groups excluding carboxylic acids is 3. The van der Waals surface area contributed by atoms with Crippen LogP contribution in [0.15, 0.2) is 17.2 Å². The molecule has 0 aromatic carbocycles. The molecule has 2 rings (SSSR count). The molecule has 1 atom stereocenters. The summed E-state index contributed by atoms with van der Waals surface area (Å²) in [6, 6.07) is 2.23. The minimum absolute atomic E-state index is 0.00951. The molecule has 1 heterocycles. The number of aromatic nitrogens is 1. The molecule has 34 heavy (non-hydrogen) atoms. The number of unbranched alkanes of at least 4 members (excludes halogenated alkanes) is 2.